The van der Waals surface area contributed by atoms with E-state index in [9.17, 15) is 0 Å². The van der Waals surface area contributed by atoms with Gasteiger partial charge in [0.15, 0.2) is 0 Å². The molecule has 0 spiro atoms. The first-order chi connectivity index (χ1) is 33.4. The van der Waals surface area contributed by atoms with Crippen LogP contribution >= 0.6 is 55.1 Å². The molecule has 0 saturated carbocycles. The van der Waals surface area contributed by atoms with E-state index < -0.39 is 0 Å². The third-order valence-electron chi connectivity index (χ3n) is 13.3. The molecule has 0 aliphatic carbocycles. The third-order valence-corrected chi connectivity index (χ3v) is 15.3. The van der Waals surface area contributed by atoms with Crippen LogP contribution in [0.15, 0.2) is 57.5 Å². The summed E-state index contributed by atoms with van der Waals surface area (Å²) in [4.78, 5) is 0. The van der Waals surface area contributed by atoms with Gasteiger partial charge in [0.25, 0.3) is 0 Å². The van der Waals surface area contributed by atoms with Gasteiger partial charge in [0, 0.05) is 52.0 Å². The van der Waals surface area contributed by atoms with Crippen molar-refractivity contribution in [3.63, 3.8) is 0 Å². The summed E-state index contributed by atoms with van der Waals surface area (Å²) in [6.45, 7) is 22.6. The van der Waals surface area contributed by atoms with Gasteiger partial charge in [-0.3, -0.25) is 0 Å². The smallest absolute Gasteiger partial charge is 0.491 e. The molecular weight excluding hydrogens is 1070 g/mol. The van der Waals surface area contributed by atoms with Crippen molar-refractivity contribution >= 4 is 105 Å². The fourth-order valence-corrected chi connectivity index (χ4v) is 11.7. The normalized spacial score (nSPS) is 25.4. The molecule has 6 atom stereocenters. The van der Waals surface area contributed by atoms with Crippen LogP contribution in [0.5, 0.6) is 23.0 Å². The lowest BCUT2D eigenvalue weighted by molar-refractivity contribution is 0.0264. The van der Waals surface area contributed by atoms with Crippen LogP contribution in [0.3, 0.4) is 0 Å². The number of hydrogen-bond donors (Lipinski definition) is 0. The molecule has 12 rings (SSSR count). The summed E-state index contributed by atoms with van der Waals surface area (Å²) >= 11 is 19.8. The Kier molecular flexibility index (Phi) is 16.0. The molecule has 8 aliphatic heterocycles. The highest BCUT2D eigenvalue weighted by Gasteiger charge is 2.49. The maximum Gasteiger partial charge on any atom is 0.499 e. The van der Waals surface area contributed by atoms with Crippen LogP contribution in [0.2, 0.25) is 10.0 Å². The van der Waals surface area contributed by atoms with Gasteiger partial charge in [-0.15, -0.1) is 0 Å². The molecule has 0 bridgehead atoms. The van der Waals surface area contributed by atoms with E-state index in [1.54, 1.807) is 0 Å². The van der Waals surface area contributed by atoms with Gasteiger partial charge in [-0.05, 0) is 127 Å². The maximum atomic E-state index is 6.29. The van der Waals surface area contributed by atoms with E-state index in [4.69, 9.17) is 79.4 Å². The largest absolute Gasteiger partial charge is 0.499 e. The summed E-state index contributed by atoms with van der Waals surface area (Å²) in [6.07, 6.45) is 3.87. The average molecular weight is 1130 g/mol. The first-order valence-electron chi connectivity index (χ1n) is 24.5. The number of ether oxygens (including phenoxy) is 4. The van der Waals surface area contributed by atoms with Crippen LogP contribution in [-0.4, -0.2) is 78.3 Å². The molecule has 0 amide bonds. The Morgan fingerprint density at radius 3 is 1.17 bits per heavy atom. The molecule has 4 aromatic carbocycles. The summed E-state index contributed by atoms with van der Waals surface area (Å²) in [6, 6.07) is 15.6. The topological polar surface area (TPSA) is 111 Å². The Morgan fingerprint density at radius 2 is 0.771 bits per heavy atom. The second kappa shape index (κ2) is 21.4. The summed E-state index contributed by atoms with van der Waals surface area (Å²) in [5.41, 5.74) is 7.80. The third kappa shape index (κ3) is 10.5. The van der Waals surface area contributed by atoms with E-state index in [0.29, 0.717) is 26.4 Å². The molecule has 0 N–H and O–H groups in total. The molecule has 0 fully saturated rings. The predicted molar refractivity (Wildman–Crippen MR) is 283 cm³/mol. The zero-order valence-electron chi connectivity index (χ0n) is 41.5. The van der Waals surface area contributed by atoms with Gasteiger partial charge in [-0.1, -0.05) is 82.8 Å². The molecule has 372 valence electrons. The minimum absolute atomic E-state index is 0.00468. The minimum Gasteiger partial charge on any atom is -0.491 e. The van der Waals surface area contributed by atoms with Crippen molar-refractivity contribution in [3.8, 4) is 23.0 Å². The Morgan fingerprint density at radius 1 is 0.457 bits per heavy atom. The first kappa shape index (κ1) is 52.4. The van der Waals surface area contributed by atoms with Gasteiger partial charge in [-0.2, -0.15) is 0 Å². The van der Waals surface area contributed by atoms with Crippen molar-refractivity contribution in [2.24, 2.45) is 0 Å². The van der Waals surface area contributed by atoms with Crippen molar-refractivity contribution in [1.29, 1.82) is 0 Å². The van der Waals surface area contributed by atoms with Gasteiger partial charge >= 0.3 is 28.5 Å². The summed E-state index contributed by atoms with van der Waals surface area (Å²) in [5, 5.41) is 1.47. The van der Waals surface area contributed by atoms with Crippen LogP contribution in [0.25, 0.3) is 0 Å². The Labute approximate surface area is 440 Å². The van der Waals surface area contributed by atoms with Gasteiger partial charge in [0.2, 0.25) is 0 Å². The molecular formula is C50H60B4Br2Cl2O12. The van der Waals surface area contributed by atoms with Crippen LogP contribution in [0, 0.1) is 0 Å². The van der Waals surface area contributed by atoms with E-state index >= 15 is 0 Å². The van der Waals surface area contributed by atoms with Gasteiger partial charge in [0.05, 0.1) is 47.8 Å². The van der Waals surface area contributed by atoms with Crippen LogP contribution in [0.1, 0.15) is 142 Å². The Balaban J connectivity index is 0.000000116. The molecule has 8 aliphatic rings. The van der Waals surface area contributed by atoms with E-state index in [0.717, 1.165) is 101 Å². The molecule has 6 unspecified atom stereocenters. The second-order valence-electron chi connectivity index (χ2n) is 19.8. The van der Waals surface area contributed by atoms with Crippen molar-refractivity contribution in [2.75, 3.05) is 26.4 Å². The second-order valence-corrected chi connectivity index (χ2v) is 22.3. The van der Waals surface area contributed by atoms with Gasteiger partial charge < -0.3 is 56.2 Å². The maximum absolute atomic E-state index is 6.29. The fraction of sp³-hybridized carbons (Fsp3) is 0.520. The van der Waals surface area contributed by atoms with E-state index in [1.165, 1.54) is 11.1 Å². The molecule has 20 heteroatoms. The molecule has 70 heavy (non-hydrogen) atoms. The molecule has 4 aromatic rings. The lowest BCUT2D eigenvalue weighted by Gasteiger charge is -2.25. The van der Waals surface area contributed by atoms with Gasteiger partial charge in [0.1, 0.15) is 49.4 Å². The van der Waals surface area contributed by atoms with Crippen LogP contribution in [-0.2, 0) is 37.2 Å². The first-order valence-corrected chi connectivity index (χ1v) is 26.9. The number of hydrogen-bond acceptors (Lipinski definition) is 12. The minimum atomic E-state index is -0.365. The fourth-order valence-electron chi connectivity index (χ4n) is 9.93. The molecule has 0 radical (unpaired) electrons. The zero-order valence-corrected chi connectivity index (χ0v) is 46.1. The van der Waals surface area contributed by atoms with Crippen molar-refractivity contribution in [1.82, 2.24) is 0 Å². The lowest BCUT2D eigenvalue weighted by Crippen LogP contribution is -2.40. The highest BCUT2D eigenvalue weighted by atomic mass is 79.9. The van der Waals surface area contributed by atoms with Crippen molar-refractivity contribution < 1.29 is 56.2 Å². The average Bonchev–Trinajstić information content (AvgIpc) is 4.01. The highest BCUT2D eigenvalue weighted by Crippen LogP contribution is 2.42. The number of halogens is 4. The highest BCUT2D eigenvalue weighted by molar-refractivity contribution is 9.10. The van der Waals surface area contributed by atoms with Crippen LogP contribution < -0.4 is 40.8 Å². The lowest BCUT2D eigenvalue weighted by atomic mass is 9.77. The number of benzene rings is 4. The van der Waals surface area contributed by atoms with Crippen molar-refractivity contribution in [3.05, 3.63) is 89.8 Å². The predicted octanol–water partition coefficient (Wildman–Crippen LogP) is 10.3. The molecule has 0 saturated heterocycles. The number of rotatable bonds is 4. The van der Waals surface area contributed by atoms with Crippen molar-refractivity contribution in [2.45, 2.75) is 143 Å². The summed E-state index contributed by atoms with van der Waals surface area (Å²) < 4.78 is 73.0. The Bertz CT molecular complexity index is 2400. The van der Waals surface area contributed by atoms with Crippen LogP contribution in [0.4, 0.5) is 0 Å². The zero-order chi connectivity index (χ0) is 49.8. The summed E-state index contributed by atoms with van der Waals surface area (Å²) in [7, 11) is -1.29. The molecule has 12 nitrogen and oxygen atoms in total. The monoisotopic (exact) mass is 1120 g/mol. The standard InChI is InChI=1S/C13H16BBrO3.C13H16BClO3.C12H14BBrO3.C12H14BClO3/c2*1-4-9-11-8(15)5-6-10-12(11)14(17-9)18-13(2,3)7-16-10;2*1-3-9-11-8(14)4-5-10-12(11)13(17-9)16-7(2)6-15-10/h2*5-6,9H,4,7H2,1-3H3;2*4-5,7,9H,3,6H2,1-2H3. The van der Waals surface area contributed by atoms with Gasteiger partial charge in [-0.25, -0.2) is 0 Å². The molecule has 8 heterocycles. The van der Waals surface area contributed by atoms with E-state index in [2.05, 4.69) is 59.6 Å². The SMILES string of the molecule is CCC1OB2OC(C)(C)COc3ccc(Br)c1c32.CCC1OB2OC(C)(C)COc3ccc(Cl)c1c32.CCC1OB2OC(C)COc3ccc(Br)c1c32.CCC1OB2OC(C)COc3ccc(Cl)c1c32. The quantitative estimate of drug-likeness (QED) is 0.182. The summed E-state index contributed by atoms with van der Waals surface area (Å²) in [5.74, 6) is 3.46. The van der Waals surface area contributed by atoms with E-state index in [-0.39, 0.29) is 76.3 Å². The Hall–Kier alpha value is -2.44. The molecule has 0 aromatic heterocycles. The van der Waals surface area contributed by atoms with E-state index in [1.807, 2.05) is 90.1 Å².